The minimum Gasteiger partial charge on any atom is -0.490 e. The van der Waals surface area contributed by atoms with Gasteiger partial charge in [-0.25, -0.2) is 0 Å². The summed E-state index contributed by atoms with van der Waals surface area (Å²) < 4.78 is 6.20. The second-order valence-corrected chi connectivity index (χ2v) is 7.38. The summed E-state index contributed by atoms with van der Waals surface area (Å²) in [6, 6.07) is 0. The predicted octanol–water partition coefficient (Wildman–Crippen LogP) is 4.22. The summed E-state index contributed by atoms with van der Waals surface area (Å²) in [7, 11) is 0. The molecule has 0 unspecified atom stereocenters. The Balaban J connectivity index is 2.52. The zero-order valence-corrected chi connectivity index (χ0v) is 12.5. The molecule has 1 aromatic heterocycles. The van der Waals surface area contributed by atoms with E-state index < -0.39 is 0 Å². The third-order valence-corrected chi connectivity index (χ3v) is 3.32. The standard InChI is InChI=1S/C16H25NO/c1-15(2,3)12-9-17-10-13(16(4,5)6)14(12)18-11-7-8-11/h9-11H,7-8H2,1-6H3. The van der Waals surface area contributed by atoms with Crippen molar-refractivity contribution in [2.75, 3.05) is 0 Å². The van der Waals surface area contributed by atoms with Gasteiger partial charge in [-0.05, 0) is 23.7 Å². The Hall–Kier alpha value is -1.05. The summed E-state index contributed by atoms with van der Waals surface area (Å²) in [4.78, 5) is 4.43. The molecule has 1 fully saturated rings. The number of hydrogen-bond acceptors (Lipinski definition) is 2. The average molecular weight is 247 g/mol. The third kappa shape index (κ3) is 2.85. The fourth-order valence-corrected chi connectivity index (χ4v) is 2.00. The van der Waals surface area contributed by atoms with Crippen LogP contribution in [0.3, 0.4) is 0 Å². The molecule has 0 bridgehead atoms. The molecule has 2 rings (SSSR count). The van der Waals surface area contributed by atoms with E-state index in [9.17, 15) is 0 Å². The maximum absolute atomic E-state index is 6.20. The molecular weight excluding hydrogens is 222 g/mol. The van der Waals surface area contributed by atoms with Crippen LogP contribution in [0.4, 0.5) is 0 Å². The topological polar surface area (TPSA) is 22.1 Å². The third-order valence-electron chi connectivity index (χ3n) is 3.32. The lowest BCUT2D eigenvalue weighted by atomic mass is 9.81. The van der Waals surface area contributed by atoms with Crippen molar-refractivity contribution in [3.8, 4) is 5.75 Å². The van der Waals surface area contributed by atoms with Crippen LogP contribution >= 0.6 is 0 Å². The van der Waals surface area contributed by atoms with Gasteiger partial charge < -0.3 is 4.74 Å². The lowest BCUT2D eigenvalue weighted by Crippen LogP contribution is -2.20. The molecule has 0 N–H and O–H groups in total. The molecule has 1 aliphatic carbocycles. The fourth-order valence-electron chi connectivity index (χ4n) is 2.00. The first-order chi connectivity index (χ1) is 8.19. The second kappa shape index (κ2) is 4.25. The molecule has 1 heterocycles. The number of pyridine rings is 1. The van der Waals surface area contributed by atoms with Crippen LogP contribution < -0.4 is 4.74 Å². The molecule has 0 aliphatic heterocycles. The monoisotopic (exact) mass is 247 g/mol. The molecule has 1 saturated carbocycles. The van der Waals surface area contributed by atoms with Crippen LogP contribution in [-0.4, -0.2) is 11.1 Å². The van der Waals surface area contributed by atoms with E-state index in [-0.39, 0.29) is 10.8 Å². The highest BCUT2D eigenvalue weighted by atomic mass is 16.5. The van der Waals surface area contributed by atoms with Crippen molar-refractivity contribution in [2.24, 2.45) is 0 Å². The molecule has 0 amide bonds. The molecule has 100 valence electrons. The van der Waals surface area contributed by atoms with E-state index in [0.29, 0.717) is 6.10 Å². The summed E-state index contributed by atoms with van der Waals surface area (Å²) in [5.74, 6) is 1.08. The van der Waals surface area contributed by atoms with Crippen LogP contribution in [0.1, 0.15) is 65.5 Å². The summed E-state index contributed by atoms with van der Waals surface area (Å²) in [5, 5.41) is 0. The normalized spacial score (nSPS) is 16.8. The van der Waals surface area contributed by atoms with Crippen molar-refractivity contribution < 1.29 is 4.74 Å². The Bertz CT molecular complexity index is 401. The van der Waals surface area contributed by atoms with Crippen molar-refractivity contribution in [1.29, 1.82) is 0 Å². The van der Waals surface area contributed by atoms with Gasteiger partial charge in [0, 0.05) is 23.5 Å². The van der Waals surface area contributed by atoms with Gasteiger partial charge in [-0.1, -0.05) is 41.5 Å². The maximum atomic E-state index is 6.20. The quantitative estimate of drug-likeness (QED) is 0.780. The molecule has 0 saturated heterocycles. The second-order valence-electron chi connectivity index (χ2n) is 7.38. The minimum absolute atomic E-state index is 0.0679. The average Bonchev–Trinajstić information content (AvgIpc) is 2.98. The van der Waals surface area contributed by atoms with Crippen LogP contribution in [0.15, 0.2) is 12.4 Å². The smallest absolute Gasteiger partial charge is 0.130 e. The Labute approximate surface area is 111 Å². The Kier molecular flexibility index (Phi) is 3.16. The molecule has 1 aliphatic rings. The number of ether oxygens (including phenoxy) is 1. The van der Waals surface area contributed by atoms with E-state index in [1.165, 1.54) is 24.0 Å². The lowest BCUT2D eigenvalue weighted by Gasteiger charge is -2.28. The van der Waals surface area contributed by atoms with Gasteiger partial charge in [0.15, 0.2) is 0 Å². The first kappa shape index (κ1) is 13.4. The van der Waals surface area contributed by atoms with Crippen molar-refractivity contribution in [2.45, 2.75) is 71.3 Å². The summed E-state index contributed by atoms with van der Waals surface area (Å²) in [6.45, 7) is 13.3. The Morgan fingerprint density at radius 2 is 1.39 bits per heavy atom. The zero-order chi connectivity index (χ0) is 13.6. The number of aromatic nitrogens is 1. The Morgan fingerprint density at radius 3 is 1.72 bits per heavy atom. The van der Waals surface area contributed by atoms with Crippen molar-refractivity contribution >= 4 is 0 Å². The first-order valence-electron chi connectivity index (χ1n) is 6.85. The van der Waals surface area contributed by atoms with E-state index in [1.807, 2.05) is 12.4 Å². The van der Waals surface area contributed by atoms with Crippen LogP contribution in [0.2, 0.25) is 0 Å². The van der Waals surface area contributed by atoms with E-state index in [4.69, 9.17) is 4.74 Å². The highest BCUT2D eigenvalue weighted by Crippen LogP contribution is 2.41. The predicted molar refractivity (Wildman–Crippen MR) is 75.3 cm³/mol. The summed E-state index contributed by atoms with van der Waals surface area (Å²) in [6.07, 6.45) is 6.74. The largest absolute Gasteiger partial charge is 0.490 e. The minimum atomic E-state index is 0.0679. The van der Waals surface area contributed by atoms with E-state index in [0.717, 1.165) is 5.75 Å². The van der Waals surface area contributed by atoms with Gasteiger partial charge >= 0.3 is 0 Å². The van der Waals surface area contributed by atoms with Gasteiger partial charge in [-0.3, -0.25) is 4.98 Å². The molecule has 2 nitrogen and oxygen atoms in total. The van der Waals surface area contributed by atoms with E-state index in [1.54, 1.807) is 0 Å². The Morgan fingerprint density at radius 1 is 0.944 bits per heavy atom. The van der Waals surface area contributed by atoms with Gasteiger partial charge in [0.1, 0.15) is 5.75 Å². The van der Waals surface area contributed by atoms with Crippen LogP contribution in [-0.2, 0) is 10.8 Å². The zero-order valence-electron chi connectivity index (χ0n) is 12.5. The molecular formula is C16H25NO. The van der Waals surface area contributed by atoms with Crippen LogP contribution in [0.25, 0.3) is 0 Å². The van der Waals surface area contributed by atoms with Crippen LogP contribution in [0, 0.1) is 0 Å². The number of nitrogens with zero attached hydrogens (tertiary/aromatic N) is 1. The maximum Gasteiger partial charge on any atom is 0.130 e. The molecule has 0 aromatic carbocycles. The number of rotatable bonds is 2. The van der Waals surface area contributed by atoms with Crippen LogP contribution in [0.5, 0.6) is 5.75 Å². The van der Waals surface area contributed by atoms with E-state index >= 15 is 0 Å². The highest BCUT2D eigenvalue weighted by Gasteiger charge is 2.31. The molecule has 18 heavy (non-hydrogen) atoms. The van der Waals surface area contributed by atoms with Gasteiger partial charge in [-0.2, -0.15) is 0 Å². The molecule has 0 atom stereocenters. The highest BCUT2D eigenvalue weighted by molar-refractivity contribution is 5.46. The lowest BCUT2D eigenvalue weighted by molar-refractivity contribution is 0.285. The van der Waals surface area contributed by atoms with Crippen molar-refractivity contribution in [3.63, 3.8) is 0 Å². The number of hydrogen-bond donors (Lipinski definition) is 0. The fraction of sp³-hybridized carbons (Fsp3) is 0.688. The van der Waals surface area contributed by atoms with Crippen molar-refractivity contribution in [1.82, 2.24) is 4.98 Å². The summed E-state index contributed by atoms with van der Waals surface area (Å²) >= 11 is 0. The molecule has 0 radical (unpaired) electrons. The van der Waals surface area contributed by atoms with Gasteiger partial charge in [0.2, 0.25) is 0 Å². The SMILES string of the molecule is CC(C)(C)c1cncc(C(C)(C)C)c1OC1CC1. The van der Waals surface area contributed by atoms with E-state index in [2.05, 4.69) is 46.5 Å². The van der Waals surface area contributed by atoms with Crippen molar-refractivity contribution in [3.05, 3.63) is 23.5 Å². The van der Waals surface area contributed by atoms with Gasteiger partial charge in [-0.15, -0.1) is 0 Å². The van der Waals surface area contributed by atoms with Gasteiger partial charge in [0.05, 0.1) is 6.10 Å². The van der Waals surface area contributed by atoms with Gasteiger partial charge in [0.25, 0.3) is 0 Å². The molecule has 2 heteroatoms. The summed E-state index contributed by atoms with van der Waals surface area (Å²) in [5.41, 5.74) is 2.58. The molecule has 0 spiro atoms. The molecule has 1 aromatic rings. The first-order valence-corrected chi connectivity index (χ1v) is 6.85.